The highest BCUT2D eigenvalue weighted by molar-refractivity contribution is 9.10. The van der Waals surface area contributed by atoms with Crippen LogP contribution in [0.3, 0.4) is 0 Å². The molecule has 0 aromatic heterocycles. The molecule has 0 saturated heterocycles. The van der Waals surface area contributed by atoms with Crippen molar-refractivity contribution in [3.8, 4) is 0 Å². The lowest BCUT2D eigenvalue weighted by molar-refractivity contribution is 0.344. The summed E-state index contributed by atoms with van der Waals surface area (Å²) in [5.74, 6) is 0.803. The van der Waals surface area contributed by atoms with Crippen molar-refractivity contribution in [2.24, 2.45) is 17.6 Å². The Balaban J connectivity index is 2.69. The van der Waals surface area contributed by atoms with Gasteiger partial charge in [-0.2, -0.15) is 0 Å². The predicted molar refractivity (Wildman–Crippen MR) is 69.8 cm³/mol. The molecule has 3 heteroatoms. The van der Waals surface area contributed by atoms with E-state index in [0.29, 0.717) is 16.3 Å². The summed E-state index contributed by atoms with van der Waals surface area (Å²) in [7, 11) is 0. The topological polar surface area (TPSA) is 26.0 Å². The third-order valence-electron chi connectivity index (χ3n) is 3.18. The van der Waals surface area contributed by atoms with Crippen LogP contribution in [-0.2, 0) is 6.42 Å². The molecule has 2 unspecified atom stereocenters. The standard InChI is InChI=1S/C13H19BrFN/c1-8(2)9(3)13(16)7-10-4-5-12(15)11(14)6-10/h4-6,8-9,13H,7,16H2,1-3H3. The number of nitrogens with two attached hydrogens (primary N) is 1. The van der Waals surface area contributed by atoms with Crippen LogP contribution in [-0.4, -0.2) is 6.04 Å². The summed E-state index contributed by atoms with van der Waals surface area (Å²) < 4.78 is 13.6. The molecule has 0 aliphatic carbocycles. The second-order valence-electron chi connectivity index (χ2n) is 4.72. The Morgan fingerprint density at radius 3 is 2.44 bits per heavy atom. The molecule has 1 aromatic rings. The lowest BCUT2D eigenvalue weighted by atomic mass is 9.87. The van der Waals surface area contributed by atoms with Crippen LogP contribution in [0.5, 0.6) is 0 Å². The van der Waals surface area contributed by atoms with Gasteiger partial charge in [0.2, 0.25) is 0 Å². The van der Waals surface area contributed by atoms with Crippen LogP contribution >= 0.6 is 15.9 Å². The SMILES string of the molecule is CC(C)C(C)C(N)Cc1ccc(F)c(Br)c1. The molecule has 0 amide bonds. The monoisotopic (exact) mass is 287 g/mol. The van der Waals surface area contributed by atoms with Crippen LogP contribution in [0.4, 0.5) is 4.39 Å². The molecule has 0 saturated carbocycles. The van der Waals surface area contributed by atoms with Crippen molar-refractivity contribution in [1.29, 1.82) is 0 Å². The van der Waals surface area contributed by atoms with E-state index in [1.54, 1.807) is 6.07 Å². The Kier molecular flexibility index (Phi) is 4.93. The first-order chi connectivity index (χ1) is 7.41. The van der Waals surface area contributed by atoms with Gasteiger partial charge in [0.1, 0.15) is 5.82 Å². The Morgan fingerprint density at radius 2 is 1.94 bits per heavy atom. The van der Waals surface area contributed by atoms with Crippen LogP contribution < -0.4 is 5.73 Å². The minimum absolute atomic E-state index is 0.123. The second-order valence-corrected chi connectivity index (χ2v) is 5.57. The summed E-state index contributed by atoms with van der Waals surface area (Å²) in [6.07, 6.45) is 0.790. The molecule has 2 atom stereocenters. The molecule has 0 heterocycles. The highest BCUT2D eigenvalue weighted by atomic mass is 79.9. The fraction of sp³-hybridized carbons (Fsp3) is 0.538. The van der Waals surface area contributed by atoms with Crippen molar-refractivity contribution in [2.75, 3.05) is 0 Å². The van der Waals surface area contributed by atoms with Crippen molar-refractivity contribution in [3.63, 3.8) is 0 Å². The van der Waals surface area contributed by atoms with Crippen molar-refractivity contribution in [1.82, 2.24) is 0 Å². The zero-order chi connectivity index (χ0) is 12.3. The number of rotatable bonds is 4. The van der Waals surface area contributed by atoms with Crippen LogP contribution in [0.1, 0.15) is 26.3 Å². The summed E-state index contributed by atoms with van der Waals surface area (Å²) in [4.78, 5) is 0. The summed E-state index contributed by atoms with van der Waals surface area (Å²) in [5.41, 5.74) is 7.21. The van der Waals surface area contributed by atoms with Gasteiger partial charge >= 0.3 is 0 Å². The molecular formula is C13H19BrFN. The molecule has 0 spiro atoms. The maximum atomic E-state index is 13.0. The second kappa shape index (κ2) is 5.78. The first-order valence-electron chi connectivity index (χ1n) is 5.61. The Labute approximate surface area is 105 Å². The third-order valence-corrected chi connectivity index (χ3v) is 3.79. The smallest absolute Gasteiger partial charge is 0.137 e. The average Bonchev–Trinajstić information content (AvgIpc) is 2.22. The zero-order valence-corrected chi connectivity index (χ0v) is 11.6. The minimum Gasteiger partial charge on any atom is -0.327 e. The van der Waals surface area contributed by atoms with Crippen molar-refractivity contribution in [3.05, 3.63) is 34.1 Å². The molecule has 0 radical (unpaired) electrons. The van der Waals surface area contributed by atoms with Crippen molar-refractivity contribution >= 4 is 15.9 Å². The quantitative estimate of drug-likeness (QED) is 0.897. The van der Waals surface area contributed by atoms with E-state index in [9.17, 15) is 4.39 Å². The Morgan fingerprint density at radius 1 is 1.31 bits per heavy atom. The van der Waals surface area contributed by atoms with E-state index in [4.69, 9.17) is 5.73 Å². The van der Waals surface area contributed by atoms with Gasteiger partial charge in [0.15, 0.2) is 0 Å². The highest BCUT2D eigenvalue weighted by Gasteiger charge is 2.16. The Hall–Kier alpha value is -0.410. The molecule has 1 rings (SSSR count). The van der Waals surface area contributed by atoms with Gasteiger partial charge in [0.05, 0.1) is 4.47 Å². The van der Waals surface area contributed by atoms with E-state index in [-0.39, 0.29) is 11.9 Å². The summed E-state index contributed by atoms with van der Waals surface area (Å²) in [6, 6.07) is 5.21. The van der Waals surface area contributed by atoms with Gasteiger partial charge in [-0.25, -0.2) is 4.39 Å². The molecular weight excluding hydrogens is 269 g/mol. The van der Waals surface area contributed by atoms with E-state index >= 15 is 0 Å². The first kappa shape index (κ1) is 13.7. The molecule has 1 nitrogen and oxygen atoms in total. The molecule has 16 heavy (non-hydrogen) atoms. The van der Waals surface area contributed by atoms with E-state index < -0.39 is 0 Å². The van der Waals surface area contributed by atoms with Gasteiger partial charge < -0.3 is 5.73 Å². The van der Waals surface area contributed by atoms with Gasteiger partial charge in [0.25, 0.3) is 0 Å². The first-order valence-corrected chi connectivity index (χ1v) is 6.40. The molecule has 0 fully saturated rings. The number of halogens is 2. The molecule has 1 aromatic carbocycles. The van der Waals surface area contributed by atoms with Gasteiger partial charge in [-0.1, -0.05) is 26.8 Å². The van der Waals surface area contributed by atoms with Gasteiger partial charge in [-0.05, 0) is 51.9 Å². The van der Waals surface area contributed by atoms with Crippen LogP contribution in [0, 0.1) is 17.7 Å². The van der Waals surface area contributed by atoms with Gasteiger partial charge in [-0.15, -0.1) is 0 Å². The van der Waals surface area contributed by atoms with Crippen LogP contribution in [0.15, 0.2) is 22.7 Å². The normalized spacial score (nSPS) is 15.2. The van der Waals surface area contributed by atoms with Crippen LogP contribution in [0.25, 0.3) is 0 Å². The molecule has 0 aliphatic rings. The summed E-state index contributed by atoms with van der Waals surface area (Å²) in [5, 5.41) is 0. The predicted octanol–water partition coefficient (Wildman–Crippen LogP) is 3.75. The Bertz CT molecular complexity index is 352. The number of hydrogen-bond acceptors (Lipinski definition) is 1. The van der Waals surface area contributed by atoms with Crippen molar-refractivity contribution in [2.45, 2.75) is 33.2 Å². The summed E-state index contributed by atoms with van der Waals surface area (Å²) in [6.45, 7) is 6.50. The van der Waals surface area contributed by atoms with E-state index in [1.807, 2.05) is 6.07 Å². The number of benzene rings is 1. The summed E-state index contributed by atoms with van der Waals surface area (Å²) >= 11 is 3.19. The number of hydrogen-bond donors (Lipinski definition) is 1. The molecule has 2 N–H and O–H groups in total. The maximum Gasteiger partial charge on any atom is 0.137 e. The lowest BCUT2D eigenvalue weighted by Crippen LogP contribution is -2.33. The fourth-order valence-electron chi connectivity index (χ4n) is 1.62. The largest absolute Gasteiger partial charge is 0.327 e. The molecule has 90 valence electrons. The zero-order valence-electron chi connectivity index (χ0n) is 10.0. The molecule has 0 bridgehead atoms. The van der Waals surface area contributed by atoms with Crippen molar-refractivity contribution < 1.29 is 4.39 Å². The molecule has 0 aliphatic heterocycles. The third kappa shape index (κ3) is 3.56. The lowest BCUT2D eigenvalue weighted by Gasteiger charge is -2.23. The maximum absolute atomic E-state index is 13.0. The highest BCUT2D eigenvalue weighted by Crippen LogP contribution is 2.20. The fourth-order valence-corrected chi connectivity index (χ4v) is 2.05. The van der Waals surface area contributed by atoms with E-state index in [0.717, 1.165) is 12.0 Å². The average molecular weight is 288 g/mol. The van der Waals surface area contributed by atoms with Crippen LogP contribution in [0.2, 0.25) is 0 Å². The van der Waals surface area contributed by atoms with E-state index in [2.05, 4.69) is 36.7 Å². The van der Waals surface area contributed by atoms with Gasteiger partial charge in [-0.3, -0.25) is 0 Å². The van der Waals surface area contributed by atoms with Gasteiger partial charge in [0, 0.05) is 6.04 Å². The minimum atomic E-state index is -0.228. The van der Waals surface area contributed by atoms with E-state index in [1.165, 1.54) is 6.07 Å².